The van der Waals surface area contributed by atoms with Crippen molar-refractivity contribution < 1.29 is 4.79 Å². The molecule has 0 spiro atoms. The zero-order valence-corrected chi connectivity index (χ0v) is 7.49. The summed E-state index contributed by atoms with van der Waals surface area (Å²) < 4.78 is 0. The van der Waals surface area contributed by atoms with Gasteiger partial charge in [0.1, 0.15) is 5.82 Å². The molecule has 1 aliphatic heterocycles. The second-order valence-corrected chi connectivity index (χ2v) is 3.05. The van der Waals surface area contributed by atoms with Gasteiger partial charge in [-0.2, -0.15) is 5.10 Å². The summed E-state index contributed by atoms with van der Waals surface area (Å²) in [6, 6.07) is 3.01. The van der Waals surface area contributed by atoms with Gasteiger partial charge in [0.25, 0.3) is 5.56 Å². The van der Waals surface area contributed by atoms with Crippen molar-refractivity contribution in [3.05, 3.63) is 22.5 Å². The number of aromatic amines is 1. The van der Waals surface area contributed by atoms with Crippen molar-refractivity contribution in [1.29, 1.82) is 0 Å². The highest BCUT2D eigenvalue weighted by Gasteiger charge is 2.16. The molecule has 1 aromatic heterocycles. The predicted octanol–water partition coefficient (Wildman–Crippen LogP) is -1.29. The molecule has 0 bridgehead atoms. The number of anilines is 1. The monoisotopic (exact) mass is 194 g/mol. The van der Waals surface area contributed by atoms with Crippen LogP contribution in [-0.4, -0.2) is 35.7 Å². The highest BCUT2D eigenvalue weighted by atomic mass is 16.2. The Morgan fingerprint density at radius 1 is 1.36 bits per heavy atom. The van der Waals surface area contributed by atoms with E-state index in [-0.39, 0.29) is 11.5 Å². The summed E-state index contributed by atoms with van der Waals surface area (Å²) in [5, 5.41) is 8.89. The Kier molecular flexibility index (Phi) is 2.18. The number of rotatable bonds is 1. The molecule has 1 aliphatic rings. The molecule has 0 saturated carbocycles. The van der Waals surface area contributed by atoms with Gasteiger partial charge in [0.15, 0.2) is 0 Å². The molecule has 1 fully saturated rings. The summed E-state index contributed by atoms with van der Waals surface area (Å²) in [5.74, 6) is 0.601. The molecule has 0 aliphatic carbocycles. The second kappa shape index (κ2) is 3.49. The lowest BCUT2D eigenvalue weighted by Crippen LogP contribution is -2.48. The lowest BCUT2D eigenvalue weighted by atomic mass is 10.3. The van der Waals surface area contributed by atoms with Crippen LogP contribution in [0.4, 0.5) is 5.82 Å². The molecule has 1 saturated heterocycles. The Hall–Kier alpha value is -1.85. The number of nitrogens with zero attached hydrogens (tertiary/aromatic N) is 2. The highest BCUT2D eigenvalue weighted by molar-refractivity contribution is 5.82. The average Bonchev–Trinajstić information content (AvgIpc) is 2.19. The molecule has 14 heavy (non-hydrogen) atoms. The van der Waals surface area contributed by atoms with Gasteiger partial charge >= 0.3 is 0 Å². The van der Waals surface area contributed by atoms with Crippen LogP contribution in [0.2, 0.25) is 0 Å². The van der Waals surface area contributed by atoms with Gasteiger partial charge in [0.2, 0.25) is 5.91 Å². The van der Waals surface area contributed by atoms with Crippen molar-refractivity contribution in [3.63, 3.8) is 0 Å². The van der Waals surface area contributed by atoms with E-state index in [1.165, 1.54) is 6.07 Å². The quantitative estimate of drug-likeness (QED) is 0.583. The number of piperazine rings is 1. The van der Waals surface area contributed by atoms with Gasteiger partial charge in [0.05, 0.1) is 6.54 Å². The normalized spacial score (nSPS) is 16.6. The maximum Gasteiger partial charge on any atom is 0.264 e. The first-order chi connectivity index (χ1) is 6.75. The van der Waals surface area contributed by atoms with Gasteiger partial charge < -0.3 is 10.2 Å². The van der Waals surface area contributed by atoms with E-state index in [9.17, 15) is 9.59 Å². The molecule has 0 radical (unpaired) electrons. The maximum absolute atomic E-state index is 11.1. The lowest BCUT2D eigenvalue weighted by Gasteiger charge is -2.26. The molecule has 0 aromatic carbocycles. The molecule has 6 nitrogen and oxygen atoms in total. The molecule has 74 valence electrons. The molecule has 0 atom stereocenters. The van der Waals surface area contributed by atoms with E-state index in [0.717, 1.165) is 0 Å². The first kappa shape index (κ1) is 8.74. The van der Waals surface area contributed by atoms with Gasteiger partial charge in [-0.1, -0.05) is 0 Å². The van der Waals surface area contributed by atoms with Crippen molar-refractivity contribution in [2.75, 3.05) is 24.5 Å². The molecule has 1 amide bonds. The number of hydrogen-bond acceptors (Lipinski definition) is 4. The van der Waals surface area contributed by atoms with Gasteiger partial charge in [-0.3, -0.25) is 9.59 Å². The first-order valence-electron chi connectivity index (χ1n) is 4.33. The predicted molar refractivity (Wildman–Crippen MR) is 50.1 cm³/mol. The number of amides is 1. The van der Waals surface area contributed by atoms with Crippen LogP contribution in [0.1, 0.15) is 0 Å². The first-order valence-corrected chi connectivity index (χ1v) is 4.33. The van der Waals surface area contributed by atoms with E-state index in [1.54, 1.807) is 6.07 Å². The van der Waals surface area contributed by atoms with E-state index in [0.29, 0.717) is 25.5 Å². The third-order valence-electron chi connectivity index (χ3n) is 2.03. The van der Waals surface area contributed by atoms with Crippen LogP contribution in [0.25, 0.3) is 0 Å². The molecular weight excluding hydrogens is 184 g/mol. The molecule has 2 rings (SSSR count). The summed E-state index contributed by atoms with van der Waals surface area (Å²) in [6.45, 7) is 1.61. The minimum atomic E-state index is -0.241. The zero-order chi connectivity index (χ0) is 9.97. The fourth-order valence-electron chi connectivity index (χ4n) is 1.35. The van der Waals surface area contributed by atoms with Crippen molar-refractivity contribution in [2.45, 2.75) is 0 Å². The van der Waals surface area contributed by atoms with Gasteiger partial charge in [-0.05, 0) is 6.07 Å². The summed E-state index contributed by atoms with van der Waals surface area (Å²) in [7, 11) is 0. The highest BCUT2D eigenvalue weighted by Crippen LogP contribution is 2.07. The van der Waals surface area contributed by atoms with E-state index in [1.807, 2.05) is 4.90 Å². The van der Waals surface area contributed by atoms with E-state index in [4.69, 9.17) is 0 Å². The standard InChI is InChI=1S/C8H10N4O2/c13-7-2-1-6(10-11-7)12-4-3-9-8(14)5-12/h1-2H,3-5H2,(H,9,14)(H,11,13). The smallest absolute Gasteiger partial charge is 0.264 e. The van der Waals surface area contributed by atoms with Crippen LogP contribution >= 0.6 is 0 Å². The number of carbonyl (C=O) groups is 1. The van der Waals surface area contributed by atoms with Gasteiger partial charge in [0, 0.05) is 19.2 Å². The Bertz CT molecular complexity index is 380. The van der Waals surface area contributed by atoms with Crippen LogP contribution in [0, 0.1) is 0 Å². The Morgan fingerprint density at radius 2 is 2.21 bits per heavy atom. The average molecular weight is 194 g/mol. The number of carbonyl (C=O) groups excluding carboxylic acids is 1. The Balaban J connectivity index is 2.18. The fraction of sp³-hybridized carbons (Fsp3) is 0.375. The number of hydrogen-bond donors (Lipinski definition) is 2. The number of nitrogens with one attached hydrogen (secondary N) is 2. The maximum atomic E-state index is 11.1. The molecule has 2 N–H and O–H groups in total. The van der Waals surface area contributed by atoms with Crippen LogP contribution in [0.15, 0.2) is 16.9 Å². The van der Waals surface area contributed by atoms with Crippen molar-refractivity contribution in [2.24, 2.45) is 0 Å². The van der Waals surface area contributed by atoms with Gasteiger partial charge in [-0.25, -0.2) is 5.10 Å². The van der Waals surface area contributed by atoms with E-state index >= 15 is 0 Å². The Morgan fingerprint density at radius 3 is 2.86 bits per heavy atom. The Labute approximate surface area is 79.9 Å². The number of aromatic nitrogens is 2. The SMILES string of the molecule is O=C1CN(c2ccc(=O)[nH]n2)CCN1. The summed E-state index contributed by atoms with van der Waals surface area (Å²) >= 11 is 0. The van der Waals surface area contributed by atoms with Crippen molar-refractivity contribution in [1.82, 2.24) is 15.5 Å². The molecule has 2 heterocycles. The third kappa shape index (κ3) is 1.73. The second-order valence-electron chi connectivity index (χ2n) is 3.05. The minimum Gasteiger partial charge on any atom is -0.353 e. The van der Waals surface area contributed by atoms with Crippen LogP contribution in [-0.2, 0) is 4.79 Å². The summed E-state index contributed by atoms with van der Waals surface area (Å²) in [4.78, 5) is 23.6. The van der Waals surface area contributed by atoms with E-state index < -0.39 is 0 Å². The van der Waals surface area contributed by atoms with Crippen LogP contribution in [0.5, 0.6) is 0 Å². The van der Waals surface area contributed by atoms with Crippen molar-refractivity contribution in [3.8, 4) is 0 Å². The zero-order valence-electron chi connectivity index (χ0n) is 7.49. The van der Waals surface area contributed by atoms with Gasteiger partial charge in [-0.15, -0.1) is 0 Å². The molecule has 0 unspecified atom stereocenters. The molecule has 6 heteroatoms. The third-order valence-corrected chi connectivity index (χ3v) is 2.03. The minimum absolute atomic E-state index is 0.0238. The number of H-pyrrole nitrogens is 1. The van der Waals surface area contributed by atoms with Crippen LogP contribution < -0.4 is 15.8 Å². The largest absolute Gasteiger partial charge is 0.353 e. The van der Waals surface area contributed by atoms with Crippen molar-refractivity contribution >= 4 is 11.7 Å². The fourth-order valence-corrected chi connectivity index (χ4v) is 1.35. The topological polar surface area (TPSA) is 78.1 Å². The lowest BCUT2D eigenvalue weighted by molar-refractivity contribution is -0.120. The summed E-state index contributed by atoms with van der Waals surface area (Å²) in [5.41, 5.74) is -0.241. The molecule has 1 aromatic rings. The molecular formula is C8H10N4O2. The summed E-state index contributed by atoms with van der Waals surface area (Å²) in [6.07, 6.45) is 0. The van der Waals surface area contributed by atoms with E-state index in [2.05, 4.69) is 15.5 Å². The van der Waals surface area contributed by atoms with Crippen LogP contribution in [0.3, 0.4) is 0 Å².